The maximum Gasteiger partial charge on any atom is 0.460 e. The number of aryl methyl sites for hydroxylation is 1. The third-order valence-corrected chi connectivity index (χ3v) is 3.04. The van der Waals surface area contributed by atoms with Gasteiger partial charge in [0.25, 0.3) is 0 Å². The Kier molecular flexibility index (Phi) is 6.57. The van der Waals surface area contributed by atoms with Crippen LogP contribution in [0.15, 0.2) is 46.0 Å². The van der Waals surface area contributed by atoms with E-state index in [0.29, 0.717) is 0 Å². The van der Waals surface area contributed by atoms with E-state index in [2.05, 4.69) is 15.0 Å². The van der Waals surface area contributed by atoms with Gasteiger partial charge in [0.2, 0.25) is 11.5 Å². The molecule has 0 aromatic heterocycles. The number of aliphatic hydroxyl groups excluding tert-OH is 1. The number of allylic oxidation sites excluding steroid dienone is 1. The number of halogens is 7. The van der Waals surface area contributed by atoms with Crippen LogP contribution in [0.25, 0.3) is 0 Å². The summed E-state index contributed by atoms with van der Waals surface area (Å²) in [6.45, 7) is 2.43. The first kappa shape index (κ1) is 22.4. The minimum Gasteiger partial charge on any atom is -0.504 e. The second kappa shape index (κ2) is 7.92. The largest absolute Gasteiger partial charge is 0.504 e. The molecular formula is C15H13F7N2O3. The number of azo groups is 1. The number of esters is 1. The standard InChI is InChI=1S/C15H13F7N2O3/c1-3-27-12(26)10(24-23-9-6-4-8(2)5-7-9)11(25)13(16,17)14(18,19)15(20,21)22/h4-7,25H,3H2,1-2H3/b11-10-,24-23?. The fourth-order valence-electron chi connectivity index (χ4n) is 1.58. The summed E-state index contributed by atoms with van der Waals surface area (Å²) in [7, 11) is 0. The van der Waals surface area contributed by atoms with E-state index in [1.807, 2.05) is 0 Å². The van der Waals surface area contributed by atoms with E-state index >= 15 is 0 Å². The third kappa shape index (κ3) is 4.74. The minimum absolute atomic E-state index is 0.0545. The van der Waals surface area contributed by atoms with E-state index in [0.717, 1.165) is 5.56 Å². The molecule has 0 aliphatic rings. The van der Waals surface area contributed by atoms with Crippen LogP contribution in [0.1, 0.15) is 12.5 Å². The molecule has 0 radical (unpaired) electrons. The van der Waals surface area contributed by atoms with Gasteiger partial charge in [-0.1, -0.05) is 17.7 Å². The first-order chi connectivity index (χ1) is 12.3. The van der Waals surface area contributed by atoms with E-state index in [1.165, 1.54) is 31.2 Å². The Morgan fingerprint density at radius 1 is 1.07 bits per heavy atom. The maximum atomic E-state index is 13.6. The Morgan fingerprint density at radius 3 is 2.04 bits per heavy atom. The molecule has 0 amide bonds. The van der Waals surface area contributed by atoms with Crippen molar-refractivity contribution in [2.75, 3.05) is 6.61 Å². The van der Waals surface area contributed by atoms with Gasteiger partial charge in [-0.2, -0.15) is 35.8 Å². The highest BCUT2D eigenvalue weighted by Crippen LogP contribution is 2.49. The molecule has 150 valence electrons. The van der Waals surface area contributed by atoms with Crippen LogP contribution >= 0.6 is 0 Å². The predicted octanol–water partition coefficient (Wildman–Crippen LogP) is 5.24. The molecule has 1 N–H and O–H groups in total. The van der Waals surface area contributed by atoms with Crippen LogP contribution in [0, 0.1) is 6.92 Å². The molecule has 1 aromatic carbocycles. The minimum atomic E-state index is -6.71. The SMILES string of the molecule is CCOC(=O)/C(N=Nc1ccc(C)cc1)=C(/O)C(F)(F)C(F)(F)C(F)(F)F. The highest BCUT2D eigenvalue weighted by molar-refractivity contribution is 5.88. The lowest BCUT2D eigenvalue weighted by Crippen LogP contribution is -2.53. The van der Waals surface area contributed by atoms with E-state index < -0.39 is 42.1 Å². The maximum absolute atomic E-state index is 13.6. The van der Waals surface area contributed by atoms with Gasteiger partial charge in [0.15, 0.2) is 0 Å². The number of aliphatic hydroxyl groups is 1. The van der Waals surface area contributed by atoms with Gasteiger partial charge in [0.05, 0.1) is 12.3 Å². The summed E-state index contributed by atoms with van der Waals surface area (Å²) in [5.74, 6) is -17.6. The van der Waals surface area contributed by atoms with Crippen LogP contribution in [-0.4, -0.2) is 35.7 Å². The molecule has 0 fully saturated rings. The van der Waals surface area contributed by atoms with Gasteiger partial charge in [-0.25, -0.2) is 4.79 Å². The smallest absolute Gasteiger partial charge is 0.460 e. The van der Waals surface area contributed by atoms with Crippen molar-refractivity contribution in [3.05, 3.63) is 41.3 Å². The van der Waals surface area contributed by atoms with Crippen molar-refractivity contribution >= 4 is 11.7 Å². The normalized spacial score (nSPS) is 14.3. The molecule has 0 aliphatic carbocycles. The van der Waals surface area contributed by atoms with Crippen molar-refractivity contribution < 1.29 is 45.4 Å². The Bertz CT molecular complexity index is 741. The number of alkyl halides is 7. The van der Waals surface area contributed by atoms with Crippen molar-refractivity contribution in [3.8, 4) is 0 Å². The molecule has 1 rings (SSSR count). The quantitative estimate of drug-likeness (QED) is 0.232. The number of carbonyl (C=O) groups is 1. The number of nitrogens with zero attached hydrogens (tertiary/aromatic N) is 2. The van der Waals surface area contributed by atoms with Crippen LogP contribution < -0.4 is 0 Å². The summed E-state index contributed by atoms with van der Waals surface area (Å²) < 4.78 is 94.5. The fourth-order valence-corrected chi connectivity index (χ4v) is 1.58. The van der Waals surface area contributed by atoms with Gasteiger partial charge in [0.1, 0.15) is 0 Å². The van der Waals surface area contributed by atoms with Crippen LogP contribution in [0.2, 0.25) is 0 Å². The van der Waals surface area contributed by atoms with Crippen molar-refractivity contribution in [3.63, 3.8) is 0 Å². The van der Waals surface area contributed by atoms with Gasteiger partial charge in [-0.05, 0) is 26.0 Å². The second-order valence-electron chi connectivity index (χ2n) is 5.10. The van der Waals surface area contributed by atoms with Crippen LogP contribution in [0.3, 0.4) is 0 Å². The van der Waals surface area contributed by atoms with Crippen molar-refractivity contribution in [1.82, 2.24) is 0 Å². The summed E-state index contributed by atoms with van der Waals surface area (Å²) in [6, 6.07) is 5.57. The molecule has 0 saturated carbocycles. The zero-order chi connectivity index (χ0) is 21.0. The van der Waals surface area contributed by atoms with E-state index in [1.54, 1.807) is 6.92 Å². The topological polar surface area (TPSA) is 71.2 Å². The molecule has 1 aromatic rings. The van der Waals surface area contributed by atoms with E-state index in [4.69, 9.17) is 0 Å². The molecule has 12 heteroatoms. The monoisotopic (exact) mass is 402 g/mol. The van der Waals surface area contributed by atoms with Crippen LogP contribution in [0.4, 0.5) is 36.4 Å². The molecule has 0 unspecified atom stereocenters. The molecule has 0 saturated heterocycles. The first-order valence-corrected chi connectivity index (χ1v) is 7.17. The summed E-state index contributed by atoms with van der Waals surface area (Å²) in [6.07, 6.45) is -6.71. The molecule has 27 heavy (non-hydrogen) atoms. The number of carbonyl (C=O) groups excluding carboxylic acids is 1. The van der Waals surface area contributed by atoms with E-state index in [9.17, 15) is 40.6 Å². The lowest BCUT2D eigenvalue weighted by Gasteiger charge is -2.27. The average Bonchev–Trinajstić information content (AvgIpc) is 2.55. The molecule has 0 bridgehead atoms. The van der Waals surface area contributed by atoms with Crippen molar-refractivity contribution in [2.45, 2.75) is 31.9 Å². The Hall–Kier alpha value is -2.66. The molecule has 0 aliphatic heterocycles. The van der Waals surface area contributed by atoms with Crippen molar-refractivity contribution in [2.24, 2.45) is 10.2 Å². The van der Waals surface area contributed by atoms with Gasteiger partial charge in [0, 0.05) is 0 Å². The second-order valence-corrected chi connectivity index (χ2v) is 5.10. The Balaban J connectivity index is 3.47. The number of rotatable bonds is 6. The van der Waals surface area contributed by atoms with Crippen molar-refractivity contribution in [1.29, 1.82) is 0 Å². The third-order valence-electron chi connectivity index (χ3n) is 3.04. The lowest BCUT2D eigenvalue weighted by atomic mass is 10.1. The Labute approximate surface area is 148 Å². The van der Waals surface area contributed by atoms with Gasteiger partial charge in [-0.3, -0.25) is 0 Å². The zero-order valence-corrected chi connectivity index (χ0v) is 13.8. The van der Waals surface area contributed by atoms with Gasteiger partial charge < -0.3 is 9.84 Å². The fraction of sp³-hybridized carbons (Fsp3) is 0.400. The van der Waals surface area contributed by atoms with E-state index in [-0.39, 0.29) is 5.69 Å². The summed E-state index contributed by atoms with van der Waals surface area (Å²) in [5, 5.41) is 15.5. The van der Waals surface area contributed by atoms with Crippen LogP contribution in [0.5, 0.6) is 0 Å². The lowest BCUT2D eigenvalue weighted by molar-refractivity contribution is -0.349. The number of hydrogen-bond acceptors (Lipinski definition) is 5. The highest BCUT2D eigenvalue weighted by atomic mass is 19.4. The Morgan fingerprint density at radius 2 is 1.59 bits per heavy atom. The molecule has 0 heterocycles. The number of ether oxygens (including phenoxy) is 1. The molecular weight excluding hydrogens is 389 g/mol. The van der Waals surface area contributed by atoms with Crippen LogP contribution in [-0.2, 0) is 9.53 Å². The molecule has 0 spiro atoms. The van der Waals surface area contributed by atoms with Gasteiger partial charge in [-0.15, -0.1) is 5.11 Å². The van der Waals surface area contributed by atoms with Gasteiger partial charge >= 0.3 is 24.0 Å². The first-order valence-electron chi connectivity index (χ1n) is 7.17. The number of hydrogen-bond donors (Lipinski definition) is 1. The molecule has 5 nitrogen and oxygen atoms in total. The predicted molar refractivity (Wildman–Crippen MR) is 77.9 cm³/mol. The highest BCUT2D eigenvalue weighted by Gasteiger charge is 2.75. The summed E-state index contributed by atoms with van der Waals surface area (Å²) >= 11 is 0. The average molecular weight is 402 g/mol. The number of benzene rings is 1. The summed E-state index contributed by atoms with van der Waals surface area (Å²) in [4.78, 5) is 11.6. The summed E-state index contributed by atoms with van der Waals surface area (Å²) in [5.41, 5.74) is -1.18. The zero-order valence-electron chi connectivity index (χ0n) is 13.8. The molecule has 0 atom stereocenters.